The summed E-state index contributed by atoms with van der Waals surface area (Å²) < 4.78 is 1.01. The van der Waals surface area contributed by atoms with Crippen LogP contribution in [0.4, 0.5) is 5.69 Å². The SMILES string of the molecule is Cc1cccc(NCc2ccsc2C(=O)O)c1Br. The van der Waals surface area contributed by atoms with Gasteiger partial charge < -0.3 is 10.4 Å². The summed E-state index contributed by atoms with van der Waals surface area (Å²) in [5.74, 6) is -0.870. The molecule has 2 N–H and O–H groups in total. The summed E-state index contributed by atoms with van der Waals surface area (Å²) in [5.41, 5.74) is 2.92. The minimum atomic E-state index is -0.870. The summed E-state index contributed by atoms with van der Waals surface area (Å²) in [6.45, 7) is 2.52. The van der Waals surface area contributed by atoms with E-state index >= 15 is 0 Å². The minimum Gasteiger partial charge on any atom is -0.477 e. The molecule has 2 aromatic rings. The number of carboxylic acid groups (broad SMARTS) is 1. The summed E-state index contributed by atoms with van der Waals surface area (Å²) in [6.07, 6.45) is 0. The molecule has 0 aliphatic heterocycles. The molecule has 0 saturated carbocycles. The zero-order valence-electron chi connectivity index (χ0n) is 9.74. The van der Waals surface area contributed by atoms with E-state index in [4.69, 9.17) is 5.11 Å². The molecule has 1 heterocycles. The number of rotatable bonds is 4. The van der Waals surface area contributed by atoms with Crippen LogP contribution in [0.1, 0.15) is 20.8 Å². The third kappa shape index (κ3) is 2.73. The highest BCUT2D eigenvalue weighted by atomic mass is 79.9. The first-order valence-electron chi connectivity index (χ1n) is 5.38. The number of anilines is 1. The molecule has 0 aliphatic carbocycles. The van der Waals surface area contributed by atoms with Crippen molar-refractivity contribution in [1.82, 2.24) is 0 Å². The summed E-state index contributed by atoms with van der Waals surface area (Å²) in [7, 11) is 0. The molecule has 0 bridgehead atoms. The summed E-state index contributed by atoms with van der Waals surface area (Å²) in [6, 6.07) is 7.78. The molecule has 0 unspecified atom stereocenters. The van der Waals surface area contributed by atoms with Crippen LogP contribution in [0.2, 0.25) is 0 Å². The number of thiophene rings is 1. The van der Waals surface area contributed by atoms with Crippen LogP contribution < -0.4 is 5.32 Å². The number of hydrogen-bond acceptors (Lipinski definition) is 3. The van der Waals surface area contributed by atoms with Crippen molar-refractivity contribution in [1.29, 1.82) is 0 Å². The van der Waals surface area contributed by atoms with E-state index in [9.17, 15) is 4.79 Å². The van der Waals surface area contributed by atoms with Gasteiger partial charge in [-0.05, 0) is 51.5 Å². The lowest BCUT2D eigenvalue weighted by atomic mass is 10.2. The molecular formula is C13H12BrNO2S. The monoisotopic (exact) mass is 325 g/mol. The summed E-state index contributed by atoms with van der Waals surface area (Å²) >= 11 is 4.76. The number of hydrogen-bond donors (Lipinski definition) is 2. The first-order chi connectivity index (χ1) is 8.59. The van der Waals surface area contributed by atoms with E-state index in [-0.39, 0.29) is 0 Å². The van der Waals surface area contributed by atoms with Crippen LogP contribution in [0.15, 0.2) is 34.1 Å². The van der Waals surface area contributed by atoms with Crippen LogP contribution in [0.25, 0.3) is 0 Å². The lowest BCUT2D eigenvalue weighted by Crippen LogP contribution is -2.04. The number of carboxylic acids is 1. The number of benzene rings is 1. The highest BCUT2D eigenvalue weighted by Crippen LogP contribution is 2.27. The first kappa shape index (κ1) is 13.1. The molecule has 0 saturated heterocycles. The molecule has 94 valence electrons. The van der Waals surface area contributed by atoms with Crippen molar-refractivity contribution >= 4 is 38.9 Å². The fourth-order valence-electron chi connectivity index (χ4n) is 1.64. The van der Waals surface area contributed by atoms with Crippen LogP contribution in [-0.2, 0) is 6.54 Å². The van der Waals surface area contributed by atoms with Crippen molar-refractivity contribution in [2.45, 2.75) is 13.5 Å². The average Bonchev–Trinajstić information content (AvgIpc) is 2.79. The van der Waals surface area contributed by atoms with Gasteiger partial charge in [0.05, 0.1) is 0 Å². The predicted molar refractivity (Wildman–Crippen MR) is 77.5 cm³/mol. The quantitative estimate of drug-likeness (QED) is 0.888. The maximum absolute atomic E-state index is 11.0. The average molecular weight is 326 g/mol. The third-order valence-electron chi connectivity index (χ3n) is 2.60. The van der Waals surface area contributed by atoms with E-state index in [0.717, 1.165) is 21.3 Å². The van der Waals surface area contributed by atoms with Crippen molar-refractivity contribution in [3.63, 3.8) is 0 Å². The van der Waals surface area contributed by atoms with E-state index in [1.165, 1.54) is 11.3 Å². The van der Waals surface area contributed by atoms with Crippen LogP contribution in [0.3, 0.4) is 0 Å². The lowest BCUT2D eigenvalue weighted by Gasteiger charge is -2.10. The van der Waals surface area contributed by atoms with Gasteiger partial charge in [0.1, 0.15) is 4.88 Å². The van der Waals surface area contributed by atoms with E-state index in [2.05, 4.69) is 21.2 Å². The van der Waals surface area contributed by atoms with Gasteiger partial charge in [0, 0.05) is 16.7 Å². The molecule has 5 heteroatoms. The Hall–Kier alpha value is -1.33. The Kier molecular flexibility index (Phi) is 4.04. The minimum absolute atomic E-state index is 0.395. The van der Waals surface area contributed by atoms with Gasteiger partial charge in [0.2, 0.25) is 0 Å². The molecule has 18 heavy (non-hydrogen) atoms. The fourth-order valence-corrected chi connectivity index (χ4v) is 2.80. The molecule has 0 aliphatic rings. The van der Waals surface area contributed by atoms with Gasteiger partial charge >= 0.3 is 5.97 Å². The van der Waals surface area contributed by atoms with Gasteiger partial charge in [0.15, 0.2) is 0 Å². The molecular weight excluding hydrogens is 314 g/mol. The van der Waals surface area contributed by atoms with E-state index < -0.39 is 5.97 Å². The van der Waals surface area contributed by atoms with Crippen LogP contribution >= 0.6 is 27.3 Å². The van der Waals surface area contributed by atoms with E-state index in [1.54, 1.807) is 5.38 Å². The molecule has 0 fully saturated rings. The van der Waals surface area contributed by atoms with Gasteiger partial charge in [-0.15, -0.1) is 11.3 Å². The van der Waals surface area contributed by atoms with Crippen molar-refractivity contribution in [3.05, 3.63) is 50.1 Å². The van der Waals surface area contributed by atoms with Gasteiger partial charge in [0.25, 0.3) is 0 Å². The zero-order valence-corrected chi connectivity index (χ0v) is 12.1. The van der Waals surface area contributed by atoms with Crippen LogP contribution in [-0.4, -0.2) is 11.1 Å². The number of halogens is 1. The first-order valence-corrected chi connectivity index (χ1v) is 7.05. The Labute approximate surface area is 118 Å². The predicted octanol–water partition coefficient (Wildman–Crippen LogP) is 4.13. The molecule has 0 amide bonds. The number of carbonyl (C=O) groups is 1. The Balaban J connectivity index is 2.14. The maximum atomic E-state index is 11.0. The highest BCUT2D eigenvalue weighted by Gasteiger charge is 2.11. The van der Waals surface area contributed by atoms with Crippen LogP contribution in [0.5, 0.6) is 0 Å². The number of aryl methyl sites for hydroxylation is 1. The normalized spacial score (nSPS) is 10.3. The van der Waals surface area contributed by atoms with Crippen molar-refractivity contribution in [2.75, 3.05) is 5.32 Å². The van der Waals surface area contributed by atoms with Gasteiger partial charge in [-0.3, -0.25) is 0 Å². The van der Waals surface area contributed by atoms with Gasteiger partial charge in [-0.25, -0.2) is 4.79 Å². The van der Waals surface area contributed by atoms with Gasteiger partial charge in [-0.2, -0.15) is 0 Å². The summed E-state index contributed by atoms with van der Waals surface area (Å²) in [5, 5.41) is 14.1. The Morgan fingerprint density at radius 1 is 1.44 bits per heavy atom. The second-order valence-corrected chi connectivity index (χ2v) is 5.58. The second-order valence-electron chi connectivity index (χ2n) is 3.87. The van der Waals surface area contributed by atoms with Crippen LogP contribution in [0, 0.1) is 6.92 Å². The van der Waals surface area contributed by atoms with Crippen molar-refractivity contribution in [2.24, 2.45) is 0 Å². The number of aromatic carboxylic acids is 1. The lowest BCUT2D eigenvalue weighted by molar-refractivity contribution is 0.0701. The molecule has 1 aromatic carbocycles. The second kappa shape index (κ2) is 5.54. The Bertz CT molecular complexity index is 580. The molecule has 0 spiro atoms. The molecule has 0 radical (unpaired) electrons. The maximum Gasteiger partial charge on any atom is 0.346 e. The highest BCUT2D eigenvalue weighted by molar-refractivity contribution is 9.10. The van der Waals surface area contributed by atoms with Gasteiger partial charge in [-0.1, -0.05) is 12.1 Å². The smallest absolute Gasteiger partial charge is 0.346 e. The molecule has 1 aromatic heterocycles. The summed E-state index contributed by atoms with van der Waals surface area (Å²) in [4.78, 5) is 11.4. The topological polar surface area (TPSA) is 49.3 Å². The Morgan fingerprint density at radius 3 is 2.94 bits per heavy atom. The largest absolute Gasteiger partial charge is 0.477 e. The molecule has 2 rings (SSSR count). The zero-order chi connectivity index (χ0) is 13.1. The van der Waals surface area contributed by atoms with E-state index in [1.807, 2.05) is 31.2 Å². The standard InChI is InChI=1S/C13H12BrNO2S/c1-8-3-2-4-10(11(8)14)15-7-9-5-6-18-12(9)13(16)17/h2-6,15H,7H2,1H3,(H,16,17). The fraction of sp³-hybridized carbons (Fsp3) is 0.154. The van der Waals surface area contributed by atoms with Crippen molar-refractivity contribution < 1.29 is 9.90 Å². The Morgan fingerprint density at radius 2 is 2.22 bits per heavy atom. The van der Waals surface area contributed by atoms with E-state index in [0.29, 0.717) is 11.4 Å². The third-order valence-corrected chi connectivity index (χ3v) is 4.60. The molecule has 3 nitrogen and oxygen atoms in total. The molecule has 0 atom stereocenters. The number of nitrogens with one attached hydrogen (secondary N) is 1. The van der Waals surface area contributed by atoms with Crippen molar-refractivity contribution in [3.8, 4) is 0 Å².